The van der Waals surface area contributed by atoms with E-state index in [4.69, 9.17) is 9.47 Å². The molecule has 0 radical (unpaired) electrons. The van der Waals surface area contributed by atoms with Gasteiger partial charge in [0, 0.05) is 5.57 Å². The summed E-state index contributed by atoms with van der Waals surface area (Å²) in [5, 5.41) is 0. The fourth-order valence-electron chi connectivity index (χ4n) is 0.432. The highest BCUT2D eigenvalue weighted by molar-refractivity contribution is 5.87. The van der Waals surface area contributed by atoms with Crippen LogP contribution >= 0.6 is 0 Å². The topological polar surface area (TPSA) is 35.5 Å². The van der Waals surface area contributed by atoms with E-state index in [1.807, 2.05) is 0 Å². The Balaban J connectivity index is 4.01. The fourth-order valence-corrected chi connectivity index (χ4v) is 0.432. The predicted molar refractivity (Wildman–Crippen MR) is 46.2 cm³/mol. The predicted octanol–water partition coefficient (Wildman–Crippen LogP) is 1.78. The highest BCUT2D eigenvalue weighted by Gasteiger charge is 2.10. The summed E-state index contributed by atoms with van der Waals surface area (Å²) in [4.78, 5) is 10.9. The van der Waals surface area contributed by atoms with Crippen LogP contribution in [0.2, 0.25) is 0 Å². The average Bonchev–Trinajstić information content (AvgIpc) is 2.03. The van der Waals surface area contributed by atoms with Crippen LogP contribution in [-0.4, -0.2) is 12.3 Å². The zero-order valence-electron chi connectivity index (χ0n) is 7.08. The van der Waals surface area contributed by atoms with E-state index in [-0.39, 0.29) is 0 Å². The molecule has 0 aliphatic carbocycles. The maximum atomic E-state index is 10.9. The molecule has 0 aromatic carbocycles. The molecule has 1 atom stereocenters. The molecule has 0 bridgehead atoms. The first-order chi connectivity index (χ1) is 5.61. The molecular weight excluding hydrogens is 156 g/mol. The lowest BCUT2D eigenvalue weighted by Crippen LogP contribution is -2.17. The number of rotatable bonds is 5. The van der Waals surface area contributed by atoms with E-state index in [1.165, 1.54) is 12.3 Å². The maximum Gasteiger partial charge on any atom is 0.336 e. The van der Waals surface area contributed by atoms with Gasteiger partial charge in [-0.3, -0.25) is 0 Å². The van der Waals surface area contributed by atoms with Gasteiger partial charge in [0.05, 0.1) is 6.26 Å². The van der Waals surface area contributed by atoms with Crippen LogP contribution in [0, 0.1) is 0 Å². The SMILES string of the molecule is C=COC(C=C)OC(=O)C(=C)C. The normalized spacial score (nSPS) is 11.1. The molecule has 1 unspecified atom stereocenters. The summed E-state index contributed by atoms with van der Waals surface area (Å²) in [7, 11) is 0. The molecule has 0 N–H and O–H groups in total. The molecule has 0 aromatic rings. The molecule has 0 saturated heterocycles. The van der Waals surface area contributed by atoms with Gasteiger partial charge in [-0.25, -0.2) is 4.79 Å². The second-order valence-electron chi connectivity index (χ2n) is 2.09. The van der Waals surface area contributed by atoms with E-state index < -0.39 is 12.3 Å². The molecule has 0 heterocycles. The number of hydrogen-bond donors (Lipinski definition) is 0. The van der Waals surface area contributed by atoms with Gasteiger partial charge in [-0.15, -0.1) is 0 Å². The molecule has 0 aliphatic heterocycles. The van der Waals surface area contributed by atoms with Crippen molar-refractivity contribution in [3.8, 4) is 0 Å². The number of esters is 1. The second-order valence-corrected chi connectivity index (χ2v) is 2.09. The highest BCUT2D eigenvalue weighted by atomic mass is 16.7. The van der Waals surface area contributed by atoms with Gasteiger partial charge in [0.15, 0.2) is 0 Å². The number of hydrogen-bond acceptors (Lipinski definition) is 3. The Morgan fingerprint density at radius 1 is 1.50 bits per heavy atom. The summed E-state index contributed by atoms with van der Waals surface area (Å²) in [6.07, 6.45) is 1.74. The van der Waals surface area contributed by atoms with Crippen molar-refractivity contribution < 1.29 is 14.3 Å². The summed E-state index contributed by atoms with van der Waals surface area (Å²) >= 11 is 0. The molecule has 66 valence electrons. The molecule has 0 amide bonds. The molecular formula is C9H12O3. The third-order valence-electron chi connectivity index (χ3n) is 0.994. The molecule has 0 rings (SSSR count). The third-order valence-corrected chi connectivity index (χ3v) is 0.994. The summed E-state index contributed by atoms with van der Waals surface area (Å²) in [6, 6.07) is 0. The number of ether oxygens (including phenoxy) is 2. The Bertz CT molecular complexity index is 206. The minimum atomic E-state index is -0.785. The Kier molecular flexibility index (Phi) is 4.53. The first-order valence-corrected chi connectivity index (χ1v) is 3.37. The van der Waals surface area contributed by atoms with E-state index >= 15 is 0 Å². The van der Waals surface area contributed by atoms with Crippen molar-refractivity contribution in [1.82, 2.24) is 0 Å². The van der Waals surface area contributed by atoms with E-state index in [0.29, 0.717) is 5.57 Å². The van der Waals surface area contributed by atoms with Gasteiger partial charge in [-0.05, 0) is 13.0 Å². The molecule has 3 nitrogen and oxygen atoms in total. The van der Waals surface area contributed by atoms with Crippen LogP contribution in [0.25, 0.3) is 0 Å². The fraction of sp³-hybridized carbons (Fsp3) is 0.222. The zero-order valence-corrected chi connectivity index (χ0v) is 7.08. The minimum absolute atomic E-state index is 0.314. The molecule has 0 spiro atoms. The van der Waals surface area contributed by atoms with Crippen molar-refractivity contribution in [1.29, 1.82) is 0 Å². The van der Waals surface area contributed by atoms with Crippen LogP contribution in [0.5, 0.6) is 0 Å². The quantitative estimate of drug-likeness (QED) is 0.206. The molecule has 3 heteroatoms. The van der Waals surface area contributed by atoms with Crippen LogP contribution in [0.1, 0.15) is 6.92 Å². The van der Waals surface area contributed by atoms with Crippen molar-refractivity contribution in [2.24, 2.45) is 0 Å². The lowest BCUT2D eigenvalue weighted by Gasteiger charge is -2.12. The smallest absolute Gasteiger partial charge is 0.336 e. The van der Waals surface area contributed by atoms with Gasteiger partial charge < -0.3 is 9.47 Å². The van der Waals surface area contributed by atoms with Crippen molar-refractivity contribution in [2.75, 3.05) is 0 Å². The Labute approximate surface area is 72.0 Å². The molecule has 0 aliphatic rings. The van der Waals surface area contributed by atoms with Crippen molar-refractivity contribution in [3.05, 3.63) is 37.6 Å². The maximum absolute atomic E-state index is 10.9. The lowest BCUT2D eigenvalue weighted by molar-refractivity contribution is -0.156. The Hall–Kier alpha value is -1.51. The van der Waals surface area contributed by atoms with Crippen molar-refractivity contribution in [2.45, 2.75) is 13.2 Å². The van der Waals surface area contributed by atoms with Crippen LogP contribution in [0.15, 0.2) is 37.6 Å². The zero-order chi connectivity index (χ0) is 9.56. The Morgan fingerprint density at radius 3 is 2.42 bits per heavy atom. The van der Waals surface area contributed by atoms with Gasteiger partial charge in [0.1, 0.15) is 0 Å². The van der Waals surface area contributed by atoms with Crippen molar-refractivity contribution >= 4 is 5.97 Å². The van der Waals surface area contributed by atoms with E-state index in [1.54, 1.807) is 6.92 Å². The van der Waals surface area contributed by atoms with Crippen molar-refractivity contribution in [3.63, 3.8) is 0 Å². The van der Waals surface area contributed by atoms with Gasteiger partial charge in [-0.2, -0.15) is 0 Å². The van der Waals surface area contributed by atoms with Crippen LogP contribution < -0.4 is 0 Å². The van der Waals surface area contributed by atoms with Crippen LogP contribution in [0.4, 0.5) is 0 Å². The van der Waals surface area contributed by atoms with Crippen LogP contribution in [-0.2, 0) is 14.3 Å². The monoisotopic (exact) mass is 168 g/mol. The van der Waals surface area contributed by atoms with Gasteiger partial charge in [-0.1, -0.05) is 19.7 Å². The standard InChI is InChI=1S/C9H12O3/c1-5-8(11-6-2)12-9(10)7(3)4/h5-6,8H,1-3H2,4H3. The van der Waals surface area contributed by atoms with Gasteiger partial charge in [0.2, 0.25) is 0 Å². The largest absolute Gasteiger partial charge is 0.459 e. The Morgan fingerprint density at radius 2 is 2.08 bits per heavy atom. The molecule has 12 heavy (non-hydrogen) atoms. The molecule has 0 aromatic heterocycles. The minimum Gasteiger partial charge on any atom is -0.459 e. The first-order valence-electron chi connectivity index (χ1n) is 3.37. The summed E-state index contributed by atoms with van der Waals surface area (Å²) in [6.45, 7) is 11.7. The van der Waals surface area contributed by atoms with E-state index in [9.17, 15) is 4.79 Å². The molecule has 0 fully saturated rings. The number of carbonyl (C=O) groups is 1. The first kappa shape index (κ1) is 10.5. The molecule has 0 saturated carbocycles. The average molecular weight is 168 g/mol. The second kappa shape index (κ2) is 5.18. The van der Waals surface area contributed by atoms with Gasteiger partial charge in [0.25, 0.3) is 6.29 Å². The van der Waals surface area contributed by atoms with E-state index in [2.05, 4.69) is 19.7 Å². The summed E-state index contributed by atoms with van der Waals surface area (Å²) in [5.74, 6) is -0.512. The third kappa shape index (κ3) is 3.61. The number of carbonyl (C=O) groups excluding carboxylic acids is 1. The van der Waals surface area contributed by atoms with E-state index in [0.717, 1.165) is 0 Å². The summed E-state index contributed by atoms with van der Waals surface area (Å²) < 4.78 is 9.53. The lowest BCUT2D eigenvalue weighted by atomic mass is 10.4. The summed E-state index contributed by atoms with van der Waals surface area (Å²) in [5.41, 5.74) is 0.314. The highest BCUT2D eigenvalue weighted by Crippen LogP contribution is 2.01. The van der Waals surface area contributed by atoms with Gasteiger partial charge >= 0.3 is 5.97 Å². The van der Waals surface area contributed by atoms with Crippen LogP contribution in [0.3, 0.4) is 0 Å².